The first-order valence-electron chi connectivity index (χ1n) is 6.55. The first-order chi connectivity index (χ1) is 8.67. The average Bonchev–Trinajstić information content (AvgIpc) is 2.37. The van der Waals surface area contributed by atoms with Crippen LogP contribution in [-0.4, -0.2) is 93.7 Å². The second-order valence-corrected chi connectivity index (χ2v) is 4.74. The number of hydrogen-bond acceptors (Lipinski definition) is 5. The summed E-state index contributed by atoms with van der Waals surface area (Å²) in [7, 11) is 3.75. The van der Waals surface area contributed by atoms with Gasteiger partial charge in [0.2, 0.25) is 5.91 Å². The molecule has 0 aromatic carbocycles. The maximum Gasteiger partial charge on any atom is 0.236 e. The van der Waals surface area contributed by atoms with E-state index in [9.17, 15) is 4.79 Å². The maximum atomic E-state index is 12.1. The first-order valence-corrected chi connectivity index (χ1v) is 6.55. The van der Waals surface area contributed by atoms with Crippen molar-refractivity contribution in [3.8, 4) is 0 Å². The molecule has 1 heterocycles. The lowest BCUT2D eigenvalue weighted by molar-refractivity contribution is -0.134. The molecule has 1 aliphatic rings. The minimum atomic E-state index is 0.202. The molecule has 0 radical (unpaired) electrons. The Balaban J connectivity index is 2.35. The topological polar surface area (TPSA) is 62.0 Å². The van der Waals surface area contributed by atoms with Crippen molar-refractivity contribution in [2.45, 2.75) is 0 Å². The van der Waals surface area contributed by atoms with Gasteiger partial charge in [-0.3, -0.25) is 9.69 Å². The summed E-state index contributed by atoms with van der Waals surface area (Å²) in [6.45, 7) is 6.73. The minimum Gasteiger partial charge on any atom is -0.383 e. The Bertz CT molecular complexity index is 242. The number of piperazine rings is 1. The Morgan fingerprint density at radius 3 is 2.50 bits per heavy atom. The second kappa shape index (κ2) is 8.42. The lowest BCUT2D eigenvalue weighted by Crippen LogP contribution is -2.50. The lowest BCUT2D eigenvalue weighted by atomic mass is 10.3. The van der Waals surface area contributed by atoms with E-state index < -0.39 is 0 Å². The van der Waals surface area contributed by atoms with E-state index in [-0.39, 0.29) is 5.91 Å². The van der Waals surface area contributed by atoms with Gasteiger partial charge in [0.1, 0.15) is 0 Å². The summed E-state index contributed by atoms with van der Waals surface area (Å²) in [5.74, 6) is 0.202. The summed E-state index contributed by atoms with van der Waals surface area (Å²) in [5.41, 5.74) is 5.56. The van der Waals surface area contributed by atoms with Gasteiger partial charge in [0.25, 0.3) is 0 Å². The number of nitrogens with zero attached hydrogens (tertiary/aromatic N) is 3. The van der Waals surface area contributed by atoms with Gasteiger partial charge in [0.05, 0.1) is 13.2 Å². The van der Waals surface area contributed by atoms with E-state index in [1.54, 1.807) is 7.11 Å². The van der Waals surface area contributed by atoms with Crippen molar-refractivity contribution >= 4 is 5.91 Å². The molecule has 0 atom stereocenters. The fourth-order valence-corrected chi connectivity index (χ4v) is 2.02. The molecular formula is C12H26N4O2. The zero-order chi connectivity index (χ0) is 13.4. The van der Waals surface area contributed by atoms with Crippen LogP contribution in [0.1, 0.15) is 0 Å². The molecule has 2 N–H and O–H groups in total. The molecule has 0 spiro atoms. The highest BCUT2D eigenvalue weighted by molar-refractivity contribution is 5.78. The van der Waals surface area contributed by atoms with Crippen LogP contribution in [0.15, 0.2) is 0 Å². The number of ether oxygens (including phenoxy) is 1. The highest BCUT2D eigenvalue weighted by Crippen LogP contribution is 2.01. The van der Waals surface area contributed by atoms with Crippen molar-refractivity contribution in [3.63, 3.8) is 0 Å². The van der Waals surface area contributed by atoms with Gasteiger partial charge in [-0.05, 0) is 7.05 Å². The smallest absolute Gasteiger partial charge is 0.236 e. The van der Waals surface area contributed by atoms with E-state index >= 15 is 0 Å². The Kier molecular flexibility index (Phi) is 7.19. The van der Waals surface area contributed by atoms with E-state index in [1.165, 1.54) is 0 Å². The molecular weight excluding hydrogens is 232 g/mol. The van der Waals surface area contributed by atoms with Crippen LogP contribution in [0.2, 0.25) is 0 Å². The fraction of sp³-hybridized carbons (Fsp3) is 0.917. The zero-order valence-corrected chi connectivity index (χ0v) is 11.6. The van der Waals surface area contributed by atoms with Crippen molar-refractivity contribution in [1.29, 1.82) is 0 Å². The van der Waals surface area contributed by atoms with Gasteiger partial charge in [0, 0.05) is 52.9 Å². The molecule has 6 nitrogen and oxygen atoms in total. The van der Waals surface area contributed by atoms with Crippen LogP contribution in [0.3, 0.4) is 0 Å². The van der Waals surface area contributed by atoms with Gasteiger partial charge >= 0.3 is 0 Å². The molecule has 0 bridgehead atoms. The average molecular weight is 258 g/mol. The molecule has 1 rings (SSSR count). The zero-order valence-electron chi connectivity index (χ0n) is 11.6. The first kappa shape index (κ1) is 15.4. The van der Waals surface area contributed by atoms with Gasteiger partial charge in [-0.2, -0.15) is 0 Å². The summed E-state index contributed by atoms with van der Waals surface area (Å²) >= 11 is 0. The third-order valence-electron chi connectivity index (χ3n) is 3.27. The molecule has 1 fully saturated rings. The molecule has 0 aliphatic carbocycles. The molecule has 18 heavy (non-hydrogen) atoms. The summed E-state index contributed by atoms with van der Waals surface area (Å²) in [4.78, 5) is 18.4. The quantitative estimate of drug-likeness (QED) is 0.613. The Morgan fingerprint density at radius 2 is 1.94 bits per heavy atom. The molecule has 1 aliphatic heterocycles. The summed E-state index contributed by atoms with van der Waals surface area (Å²) in [5, 5.41) is 0. The van der Waals surface area contributed by atoms with Crippen LogP contribution >= 0.6 is 0 Å². The Morgan fingerprint density at radius 1 is 1.28 bits per heavy atom. The molecule has 0 saturated carbocycles. The van der Waals surface area contributed by atoms with E-state index in [1.807, 2.05) is 4.90 Å². The molecule has 1 amide bonds. The van der Waals surface area contributed by atoms with E-state index in [0.717, 1.165) is 39.3 Å². The van der Waals surface area contributed by atoms with Gasteiger partial charge in [-0.1, -0.05) is 0 Å². The van der Waals surface area contributed by atoms with Crippen LogP contribution < -0.4 is 5.73 Å². The SMILES string of the molecule is COCCN(CCN)CC(=O)N1CCN(C)CC1. The van der Waals surface area contributed by atoms with E-state index in [0.29, 0.717) is 19.7 Å². The summed E-state index contributed by atoms with van der Waals surface area (Å²) < 4.78 is 5.05. The molecule has 1 saturated heterocycles. The highest BCUT2D eigenvalue weighted by Gasteiger charge is 2.20. The molecule has 0 aromatic rings. The van der Waals surface area contributed by atoms with Crippen molar-refractivity contribution < 1.29 is 9.53 Å². The number of methoxy groups -OCH3 is 1. The number of carbonyl (C=O) groups is 1. The maximum absolute atomic E-state index is 12.1. The van der Waals surface area contributed by atoms with Crippen LogP contribution in [0.25, 0.3) is 0 Å². The van der Waals surface area contributed by atoms with Crippen molar-refractivity contribution in [1.82, 2.24) is 14.7 Å². The third kappa shape index (κ3) is 5.30. The number of nitrogens with two attached hydrogens (primary N) is 1. The molecule has 6 heteroatoms. The van der Waals surface area contributed by atoms with Gasteiger partial charge in [-0.15, -0.1) is 0 Å². The van der Waals surface area contributed by atoms with Crippen molar-refractivity contribution in [2.24, 2.45) is 5.73 Å². The Hall–Kier alpha value is -0.690. The summed E-state index contributed by atoms with van der Waals surface area (Å²) in [6.07, 6.45) is 0. The largest absolute Gasteiger partial charge is 0.383 e. The number of hydrogen-bond donors (Lipinski definition) is 1. The normalized spacial score (nSPS) is 17.4. The Labute approximate surface area is 110 Å². The van der Waals surface area contributed by atoms with Crippen molar-refractivity contribution in [3.05, 3.63) is 0 Å². The van der Waals surface area contributed by atoms with E-state index in [2.05, 4.69) is 16.8 Å². The molecule has 0 unspecified atom stereocenters. The standard InChI is InChI=1S/C12H26N4O2/c1-14-5-7-16(8-6-14)12(17)11-15(4-3-13)9-10-18-2/h3-11,13H2,1-2H3. The number of rotatable bonds is 7. The van der Waals surface area contributed by atoms with Crippen LogP contribution in [0, 0.1) is 0 Å². The van der Waals surface area contributed by atoms with Crippen LogP contribution in [0.5, 0.6) is 0 Å². The second-order valence-electron chi connectivity index (χ2n) is 4.74. The third-order valence-corrected chi connectivity index (χ3v) is 3.27. The number of amides is 1. The van der Waals surface area contributed by atoms with Gasteiger partial charge in [0.15, 0.2) is 0 Å². The van der Waals surface area contributed by atoms with Gasteiger partial charge < -0.3 is 20.3 Å². The molecule has 0 aromatic heterocycles. The van der Waals surface area contributed by atoms with Crippen LogP contribution in [0.4, 0.5) is 0 Å². The predicted molar refractivity (Wildman–Crippen MR) is 71.4 cm³/mol. The van der Waals surface area contributed by atoms with Gasteiger partial charge in [-0.25, -0.2) is 0 Å². The summed E-state index contributed by atoms with van der Waals surface area (Å²) in [6, 6.07) is 0. The lowest BCUT2D eigenvalue weighted by Gasteiger charge is -2.34. The van der Waals surface area contributed by atoms with Crippen LogP contribution in [-0.2, 0) is 9.53 Å². The molecule has 106 valence electrons. The number of likely N-dealkylation sites (N-methyl/N-ethyl adjacent to an activating group) is 1. The minimum absolute atomic E-state index is 0.202. The predicted octanol–water partition coefficient (Wildman–Crippen LogP) is -1.33. The number of carbonyl (C=O) groups excluding carboxylic acids is 1. The van der Waals surface area contributed by atoms with E-state index in [4.69, 9.17) is 10.5 Å². The monoisotopic (exact) mass is 258 g/mol. The van der Waals surface area contributed by atoms with Crippen molar-refractivity contribution in [2.75, 3.05) is 73.1 Å². The highest BCUT2D eigenvalue weighted by atomic mass is 16.5. The fourth-order valence-electron chi connectivity index (χ4n) is 2.02.